The number of rotatable bonds is 4. The van der Waals surface area contributed by atoms with Gasteiger partial charge in [0.05, 0.1) is 13.3 Å². The van der Waals surface area contributed by atoms with Crippen molar-refractivity contribution in [3.05, 3.63) is 24.0 Å². The number of hydrogen-bond donors (Lipinski definition) is 1. The van der Waals surface area contributed by atoms with Crippen LogP contribution in [-0.2, 0) is 0 Å². The van der Waals surface area contributed by atoms with E-state index in [4.69, 9.17) is 10.5 Å². The van der Waals surface area contributed by atoms with Gasteiger partial charge in [-0.2, -0.15) is 0 Å². The maximum absolute atomic E-state index is 6.47. The molecule has 94 valence electrons. The van der Waals surface area contributed by atoms with E-state index in [1.807, 2.05) is 12.3 Å². The Morgan fingerprint density at radius 3 is 2.71 bits per heavy atom. The molecule has 1 fully saturated rings. The normalized spacial score (nSPS) is 20.2. The molecule has 0 spiro atoms. The maximum Gasteiger partial charge on any atom is 0.137 e. The number of pyridine rings is 1. The highest BCUT2D eigenvalue weighted by Gasteiger charge is 2.38. The summed E-state index contributed by atoms with van der Waals surface area (Å²) in [4.78, 5) is 4.21. The minimum absolute atomic E-state index is 0.0811. The number of nitrogens with zero attached hydrogens (tertiary/aromatic N) is 1. The van der Waals surface area contributed by atoms with Crippen LogP contribution in [0.25, 0.3) is 0 Å². The molecule has 1 aliphatic carbocycles. The molecule has 17 heavy (non-hydrogen) atoms. The summed E-state index contributed by atoms with van der Waals surface area (Å²) in [5, 5.41) is 0. The zero-order chi connectivity index (χ0) is 12.3. The molecule has 2 rings (SSSR count). The Kier molecular flexibility index (Phi) is 3.67. The van der Waals surface area contributed by atoms with E-state index in [1.165, 1.54) is 25.7 Å². The van der Waals surface area contributed by atoms with Gasteiger partial charge >= 0.3 is 0 Å². The van der Waals surface area contributed by atoms with Crippen LogP contribution >= 0.6 is 0 Å². The minimum Gasteiger partial charge on any atom is -0.495 e. The fraction of sp³-hybridized carbons (Fsp3) is 0.643. The Labute approximate surface area is 103 Å². The third-order valence-electron chi connectivity index (χ3n) is 4.29. The first kappa shape index (κ1) is 12.4. The van der Waals surface area contributed by atoms with E-state index < -0.39 is 0 Å². The lowest BCUT2D eigenvalue weighted by Gasteiger charge is -2.34. The van der Waals surface area contributed by atoms with Crippen LogP contribution in [0.1, 0.15) is 50.6 Å². The molecular weight excluding hydrogens is 212 g/mol. The van der Waals surface area contributed by atoms with Gasteiger partial charge in [-0.1, -0.05) is 19.8 Å². The highest BCUT2D eigenvalue weighted by molar-refractivity contribution is 5.27. The van der Waals surface area contributed by atoms with Gasteiger partial charge in [0, 0.05) is 12.2 Å². The second-order valence-electron chi connectivity index (χ2n) is 5.06. The number of nitrogens with two attached hydrogens (primary N) is 1. The van der Waals surface area contributed by atoms with Gasteiger partial charge < -0.3 is 10.5 Å². The van der Waals surface area contributed by atoms with Crippen molar-refractivity contribution in [2.45, 2.75) is 45.1 Å². The lowest BCUT2D eigenvalue weighted by molar-refractivity contribution is 0.221. The molecule has 0 saturated heterocycles. The Morgan fingerprint density at radius 1 is 1.41 bits per heavy atom. The standard InChI is InChI=1S/C14H22N2O/c1-3-14(6-4-5-7-14)13(15)11-8-12(17-2)10-16-9-11/h8-10,13H,3-7,15H2,1-2H3. The fourth-order valence-electron chi connectivity index (χ4n) is 3.03. The first-order valence-corrected chi connectivity index (χ1v) is 6.46. The van der Waals surface area contributed by atoms with E-state index in [2.05, 4.69) is 11.9 Å². The molecule has 0 amide bonds. The summed E-state index contributed by atoms with van der Waals surface area (Å²) in [5.74, 6) is 0.794. The highest BCUT2D eigenvalue weighted by atomic mass is 16.5. The highest BCUT2D eigenvalue weighted by Crippen LogP contribution is 2.48. The van der Waals surface area contributed by atoms with Crippen LogP contribution in [0.5, 0.6) is 5.75 Å². The molecule has 1 aliphatic rings. The molecule has 3 nitrogen and oxygen atoms in total. The van der Waals surface area contributed by atoms with E-state index in [0.29, 0.717) is 0 Å². The molecule has 1 aromatic heterocycles. The van der Waals surface area contributed by atoms with Crippen molar-refractivity contribution in [2.24, 2.45) is 11.1 Å². The van der Waals surface area contributed by atoms with Crippen molar-refractivity contribution in [1.29, 1.82) is 0 Å². The van der Waals surface area contributed by atoms with Crippen LogP contribution in [0, 0.1) is 5.41 Å². The van der Waals surface area contributed by atoms with Crippen molar-refractivity contribution in [3.8, 4) is 5.75 Å². The van der Waals surface area contributed by atoms with Gasteiger partial charge in [-0.05, 0) is 36.3 Å². The van der Waals surface area contributed by atoms with E-state index in [0.717, 1.165) is 17.7 Å². The molecule has 0 aliphatic heterocycles. The summed E-state index contributed by atoms with van der Waals surface area (Å²) in [6.45, 7) is 2.25. The SMILES string of the molecule is CCC1(C(N)c2cncc(OC)c2)CCCC1. The monoisotopic (exact) mass is 234 g/mol. The molecule has 1 heterocycles. The maximum atomic E-state index is 6.47. The Morgan fingerprint density at radius 2 is 2.12 bits per heavy atom. The van der Waals surface area contributed by atoms with Crippen molar-refractivity contribution in [3.63, 3.8) is 0 Å². The Balaban J connectivity index is 2.25. The van der Waals surface area contributed by atoms with E-state index in [1.54, 1.807) is 13.3 Å². The van der Waals surface area contributed by atoms with Crippen LogP contribution in [0.2, 0.25) is 0 Å². The van der Waals surface area contributed by atoms with Crippen LogP contribution < -0.4 is 10.5 Å². The van der Waals surface area contributed by atoms with Crippen LogP contribution in [0.15, 0.2) is 18.5 Å². The average Bonchev–Trinajstić information content (AvgIpc) is 2.88. The van der Waals surface area contributed by atoms with Gasteiger partial charge in [-0.15, -0.1) is 0 Å². The molecule has 0 radical (unpaired) electrons. The van der Waals surface area contributed by atoms with Gasteiger partial charge in [0.2, 0.25) is 0 Å². The third kappa shape index (κ3) is 2.29. The molecule has 2 N–H and O–H groups in total. The summed E-state index contributed by atoms with van der Waals surface area (Å²) in [6, 6.07) is 2.10. The number of aromatic nitrogens is 1. The van der Waals surface area contributed by atoms with E-state index in [-0.39, 0.29) is 11.5 Å². The minimum atomic E-state index is 0.0811. The molecule has 1 aromatic rings. The molecule has 3 heteroatoms. The first-order chi connectivity index (χ1) is 8.22. The summed E-state index contributed by atoms with van der Waals surface area (Å²) < 4.78 is 5.22. The third-order valence-corrected chi connectivity index (χ3v) is 4.29. The molecular formula is C14H22N2O. The lowest BCUT2D eigenvalue weighted by Crippen LogP contribution is -2.31. The average molecular weight is 234 g/mol. The number of hydrogen-bond acceptors (Lipinski definition) is 3. The predicted molar refractivity (Wildman–Crippen MR) is 68.9 cm³/mol. The second-order valence-corrected chi connectivity index (χ2v) is 5.06. The zero-order valence-electron chi connectivity index (χ0n) is 10.8. The predicted octanol–water partition coefficient (Wildman–Crippen LogP) is 3.06. The quantitative estimate of drug-likeness (QED) is 0.871. The van der Waals surface area contributed by atoms with Gasteiger partial charge in [-0.3, -0.25) is 4.98 Å². The van der Waals surface area contributed by atoms with Crippen LogP contribution in [0.4, 0.5) is 0 Å². The summed E-state index contributed by atoms with van der Waals surface area (Å²) in [7, 11) is 1.66. The van der Waals surface area contributed by atoms with Crippen LogP contribution in [0.3, 0.4) is 0 Å². The summed E-state index contributed by atoms with van der Waals surface area (Å²) in [6.07, 6.45) is 9.83. The van der Waals surface area contributed by atoms with Crippen molar-refractivity contribution in [2.75, 3.05) is 7.11 Å². The van der Waals surface area contributed by atoms with Gasteiger partial charge in [0.1, 0.15) is 5.75 Å². The Hall–Kier alpha value is -1.09. The van der Waals surface area contributed by atoms with Crippen LogP contribution in [-0.4, -0.2) is 12.1 Å². The van der Waals surface area contributed by atoms with Gasteiger partial charge in [0.15, 0.2) is 0 Å². The van der Waals surface area contributed by atoms with Crippen molar-refractivity contribution >= 4 is 0 Å². The van der Waals surface area contributed by atoms with Gasteiger partial charge in [0.25, 0.3) is 0 Å². The van der Waals surface area contributed by atoms with E-state index >= 15 is 0 Å². The lowest BCUT2D eigenvalue weighted by atomic mass is 9.74. The van der Waals surface area contributed by atoms with E-state index in [9.17, 15) is 0 Å². The summed E-state index contributed by atoms with van der Waals surface area (Å²) >= 11 is 0. The summed E-state index contributed by atoms with van der Waals surface area (Å²) in [5.41, 5.74) is 7.85. The molecule has 0 aromatic carbocycles. The smallest absolute Gasteiger partial charge is 0.137 e. The number of ether oxygens (including phenoxy) is 1. The zero-order valence-corrected chi connectivity index (χ0v) is 10.8. The Bertz CT molecular complexity index is 372. The fourth-order valence-corrected chi connectivity index (χ4v) is 3.03. The second kappa shape index (κ2) is 5.05. The molecule has 0 bridgehead atoms. The number of methoxy groups -OCH3 is 1. The topological polar surface area (TPSA) is 48.1 Å². The molecule has 1 saturated carbocycles. The largest absolute Gasteiger partial charge is 0.495 e. The molecule has 1 unspecified atom stereocenters. The molecule has 1 atom stereocenters. The van der Waals surface area contributed by atoms with Crippen molar-refractivity contribution < 1.29 is 4.74 Å². The van der Waals surface area contributed by atoms with Gasteiger partial charge in [-0.25, -0.2) is 0 Å². The first-order valence-electron chi connectivity index (χ1n) is 6.46. The van der Waals surface area contributed by atoms with Crippen molar-refractivity contribution in [1.82, 2.24) is 4.98 Å².